The summed E-state index contributed by atoms with van der Waals surface area (Å²) in [6.45, 7) is 3.29. The van der Waals surface area contributed by atoms with Crippen LogP contribution in [0.1, 0.15) is 29.8 Å². The van der Waals surface area contributed by atoms with Gasteiger partial charge in [-0.3, -0.25) is 4.79 Å². The van der Waals surface area contributed by atoms with Crippen molar-refractivity contribution in [2.24, 2.45) is 0 Å². The first-order chi connectivity index (χ1) is 8.29. The molecule has 98 valence electrons. The van der Waals surface area contributed by atoms with Gasteiger partial charge in [-0.15, -0.1) is 0 Å². The number of carbonyl (C=O) groups is 2. The SMILES string of the molecule is CC(C)(O)CNC(=O)Cc1ccccc1C(=O)O. The third kappa shape index (κ3) is 4.55. The molecule has 0 saturated heterocycles. The number of carbonyl (C=O) groups excluding carboxylic acids is 1. The number of aliphatic hydroxyl groups is 1. The Balaban J connectivity index is 2.68. The minimum absolute atomic E-state index is 0.0153. The minimum atomic E-state index is -1.05. The predicted molar refractivity (Wildman–Crippen MR) is 66.4 cm³/mol. The fourth-order valence-corrected chi connectivity index (χ4v) is 1.43. The topological polar surface area (TPSA) is 86.6 Å². The molecule has 0 bridgehead atoms. The van der Waals surface area contributed by atoms with Gasteiger partial charge in [0.25, 0.3) is 0 Å². The van der Waals surface area contributed by atoms with E-state index >= 15 is 0 Å². The smallest absolute Gasteiger partial charge is 0.335 e. The summed E-state index contributed by atoms with van der Waals surface area (Å²) in [6.07, 6.45) is -0.0153. The van der Waals surface area contributed by atoms with Gasteiger partial charge in [-0.25, -0.2) is 4.79 Å². The first-order valence-corrected chi connectivity index (χ1v) is 5.60. The minimum Gasteiger partial charge on any atom is -0.478 e. The third-order valence-electron chi connectivity index (χ3n) is 2.32. The number of aromatic carboxylic acids is 1. The van der Waals surface area contributed by atoms with Crippen LogP contribution in [0.5, 0.6) is 0 Å². The van der Waals surface area contributed by atoms with E-state index in [2.05, 4.69) is 5.32 Å². The largest absolute Gasteiger partial charge is 0.478 e. The van der Waals surface area contributed by atoms with Crippen LogP contribution in [0.15, 0.2) is 24.3 Å². The van der Waals surface area contributed by atoms with Crippen molar-refractivity contribution in [3.05, 3.63) is 35.4 Å². The molecule has 0 aliphatic carbocycles. The number of benzene rings is 1. The standard InChI is InChI=1S/C13H17NO4/c1-13(2,18)8-14-11(15)7-9-5-3-4-6-10(9)12(16)17/h3-6,18H,7-8H2,1-2H3,(H,14,15)(H,16,17). The molecular formula is C13H17NO4. The molecule has 1 rings (SSSR count). The van der Waals surface area contributed by atoms with Crippen molar-refractivity contribution in [3.8, 4) is 0 Å². The van der Waals surface area contributed by atoms with E-state index in [9.17, 15) is 14.7 Å². The molecule has 0 heterocycles. The number of carboxylic acids is 1. The highest BCUT2D eigenvalue weighted by Gasteiger charge is 2.16. The van der Waals surface area contributed by atoms with Crippen LogP contribution < -0.4 is 5.32 Å². The van der Waals surface area contributed by atoms with E-state index in [4.69, 9.17) is 5.11 Å². The summed E-state index contributed by atoms with van der Waals surface area (Å²) in [4.78, 5) is 22.6. The van der Waals surface area contributed by atoms with Gasteiger partial charge in [-0.2, -0.15) is 0 Å². The van der Waals surface area contributed by atoms with Gasteiger partial charge < -0.3 is 15.5 Å². The average Bonchev–Trinajstić information content (AvgIpc) is 2.26. The van der Waals surface area contributed by atoms with Crippen LogP contribution in [-0.4, -0.2) is 34.2 Å². The number of carboxylic acid groups (broad SMARTS) is 1. The van der Waals surface area contributed by atoms with Crippen molar-refractivity contribution in [2.45, 2.75) is 25.9 Å². The molecule has 0 fully saturated rings. The summed E-state index contributed by atoms with van der Waals surface area (Å²) < 4.78 is 0. The summed E-state index contributed by atoms with van der Waals surface area (Å²) in [5.74, 6) is -1.37. The Hall–Kier alpha value is -1.88. The summed E-state index contributed by atoms with van der Waals surface area (Å²) in [6, 6.07) is 6.36. The van der Waals surface area contributed by atoms with E-state index in [1.807, 2.05) is 0 Å². The second-order valence-corrected chi connectivity index (χ2v) is 4.73. The molecule has 1 aromatic carbocycles. The van der Waals surface area contributed by atoms with E-state index in [-0.39, 0.29) is 24.4 Å². The van der Waals surface area contributed by atoms with Gasteiger partial charge in [-0.1, -0.05) is 18.2 Å². The zero-order chi connectivity index (χ0) is 13.8. The fraction of sp³-hybridized carbons (Fsp3) is 0.385. The second kappa shape index (κ2) is 5.64. The normalized spacial score (nSPS) is 11.1. The molecule has 0 radical (unpaired) electrons. The van der Waals surface area contributed by atoms with Gasteiger partial charge in [0, 0.05) is 6.54 Å². The monoisotopic (exact) mass is 251 g/mol. The van der Waals surface area contributed by atoms with E-state index in [0.29, 0.717) is 5.56 Å². The summed E-state index contributed by atoms with van der Waals surface area (Å²) in [7, 11) is 0. The number of rotatable bonds is 5. The molecule has 5 heteroatoms. The summed E-state index contributed by atoms with van der Waals surface area (Å²) in [5.41, 5.74) is -0.406. The Morgan fingerprint density at radius 2 is 1.89 bits per heavy atom. The molecular weight excluding hydrogens is 234 g/mol. The average molecular weight is 251 g/mol. The van der Waals surface area contributed by atoms with E-state index in [1.54, 1.807) is 32.0 Å². The summed E-state index contributed by atoms with van der Waals surface area (Å²) >= 11 is 0. The highest BCUT2D eigenvalue weighted by molar-refractivity contribution is 5.91. The first kappa shape index (κ1) is 14.2. The Morgan fingerprint density at radius 3 is 2.44 bits per heavy atom. The molecule has 3 N–H and O–H groups in total. The van der Waals surface area contributed by atoms with Gasteiger partial charge >= 0.3 is 5.97 Å². The lowest BCUT2D eigenvalue weighted by atomic mass is 10.0. The molecule has 0 unspecified atom stereocenters. The Labute approximate surface area is 105 Å². The second-order valence-electron chi connectivity index (χ2n) is 4.73. The molecule has 0 aliphatic heterocycles. The number of amides is 1. The maximum absolute atomic E-state index is 11.6. The molecule has 0 spiro atoms. The van der Waals surface area contributed by atoms with Crippen molar-refractivity contribution in [3.63, 3.8) is 0 Å². The molecule has 18 heavy (non-hydrogen) atoms. The lowest BCUT2D eigenvalue weighted by Gasteiger charge is -2.17. The van der Waals surface area contributed by atoms with Gasteiger partial charge in [0.2, 0.25) is 5.91 Å². The molecule has 1 amide bonds. The Morgan fingerprint density at radius 1 is 1.28 bits per heavy atom. The lowest BCUT2D eigenvalue weighted by molar-refractivity contribution is -0.121. The predicted octanol–water partition coefficient (Wildman–Crippen LogP) is 0.814. The van der Waals surface area contributed by atoms with E-state index in [0.717, 1.165) is 0 Å². The van der Waals surface area contributed by atoms with Gasteiger partial charge in [0.05, 0.1) is 17.6 Å². The Bertz CT molecular complexity index is 449. The maximum Gasteiger partial charge on any atom is 0.335 e. The van der Waals surface area contributed by atoms with Crippen molar-refractivity contribution < 1.29 is 19.8 Å². The van der Waals surface area contributed by atoms with Gasteiger partial charge in [0.1, 0.15) is 0 Å². The zero-order valence-electron chi connectivity index (χ0n) is 10.4. The number of hydrogen-bond acceptors (Lipinski definition) is 3. The summed E-state index contributed by atoms with van der Waals surface area (Å²) in [5, 5.41) is 21.0. The van der Waals surface area contributed by atoms with Gasteiger partial charge in [0.15, 0.2) is 0 Å². The van der Waals surface area contributed by atoms with Crippen LogP contribution in [0.2, 0.25) is 0 Å². The van der Waals surface area contributed by atoms with Crippen LogP contribution in [0.4, 0.5) is 0 Å². The molecule has 0 aromatic heterocycles. The van der Waals surface area contributed by atoms with Crippen molar-refractivity contribution >= 4 is 11.9 Å². The Kier molecular flexibility index (Phi) is 4.44. The molecule has 0 atom stereocenters. The van der Waals surface area contributed by atoms with Crippen LogP contribution >= 0.6 is 0 Å². The van der Waals surface area contributed by atoms with E-state index < -0.39 is 11.6 Å². The van der Waals surface area contributed by atoms with Crippen LogP contribution in [-0.2, 0) is 11.2 Å². The molecule has 5 nitrogen and oxygen atoms in total. The van der Waals surface area contributed by atoms with Crippen LogP contribution in [0.25, 0.3) is 0 Å². The van der Waals surface area contributed by atoms with Crippen LogP contribution in [0, 0.1) is 0 Å². The first-order valence-electron chi connectivity index (χ1n) is 5.60. The third-order valence-corrected chi connectivity index (χ3v) is 2.32. The number of nitrogens with one attached hydrogen (secondary N) is 1. The van der Waals surface area contributed by atoms with Crippen molar-refractivity contribution in [1.82, 2.24) is 5.32 Å². The molecule has 0 aliphatic rings. The highest BCUT2D eigenvalue weighted by atomic mass is 16.4. The number of hydrogen-bond donors (Lipinski definition) is 3. The highest BCUT2D eigenvalue weighted by Crippen LogP contribution is 2.09. The molecule has 1 aromatic rings. The fourth-order valence-electron chi connectivity index (χ4n) is 1.43. The molecule has 0 saturated carbocycles. The lowest BCUT2D eigenvalue weighted by Crippen LogP contribution is -2.39. The van der Waals surface area contributed by atoms with Crippen LogP contribution in [0.3, 0.4) is 0 Å². The van der Waals surface area contributed by atoms with Crippen molar-refractivity contribution in [1.29, 1.82) is 0 Å². The van der Waals surface area contributed by atoms with E-state index in [1.165, 1.54) is 6.07 Å². The quantitative estimate of drug-likeness (QED) is 0.723. The maximum atomic E-state index is 11.6. The zero-order valence-corrected chi connectivity index (χ0v) is 10.4. The van der Waals surface area contributed by atoms with Crippen molar-refractivity contribution in [2.75, 3.05) is 6.54 Å². The van der Waals surface area contributed by atoms with Gasteiger partial charge in [-0.05, 0) is 25.5 Å².